The number of hydrogen-bond donors (Lipinski definition) is 1. The molecule has 0 aliphatic carbocycles. The van der Waals surface area contributed by atoms with Gasteiger partial charge in [-0.15, -0.1) is 0 Å². The van der Waals surface area contributed by atoms with Crippen LogP contribution in [0, 0.1) is 0 Å². The number of imide groups is 1. The molecule has 0 spiro atoms. The Morgan fingerprint density at radius 1 is 1.47 bits per heavy atom. The Morgan fingerprint density at radius 2 is 2.20 bits per heavy atom. The van der Waals surface area contributed by atoms with Gasteiger partial charge in [-0.3, -0.25) is 9.69 Å². The van der Waals surface area contributed by atoms with Crippen LogP contribution in [0.5, 0.6) is 0 Å². The van der Waals surface area contributed by atoms with E-state index in [1.165, 1.54) is 4.90 Å². The van der Waals surface area contributed by atoms with Crippen LogP contribution in [0.25, 0.3) is 0 Å². The molecule has 2 heterocycles. The van der Waals surface area contributed by atoms with Crippen molar-refractivity contribution in [2.24, 2.45) is 0 Å². The maximum absolute atomic E-state index is 11.9. The number of urea groups is 1. The molecular formula is C10H17N3O2. The third-order valence-corrected chi connectivity index (χ3v) is 3.24. The number of nitrogens with zero attached hydrogens (tertiary/aromatic N) is 2. The Kier molecular flexibility index (Phi) is 2.65. The number of amides is 3. The van der Waals surface area contributed by atoms with Crippen LogP contribution in [0.1, 0.15) is 20.3 Å². The van der Waals surface area contributed by atoms with Crippen molar-refractivity contribution < 1.29 is 9.59 Å². The summed E-state index contributed by atoms with van der Waals surface area (Å²) in [6.45, 7) is 5.86. The molecule has 0 aromatic rings. The first-order chi connectivity index (χ1) is 7.16. The van der Waals surface area contributed by atoms with Gasteiger partial charge in [0.15, 0.2) is 0 Å². The van der Waals surface area contributed by atoms with E-state index in [1.807, 2.05) is 13.8 Å². The molecule has 2 fully saturated rings. The second-order valence-corrected chi connectivity index (χ2v) is 4.09. The second kappa shape index (κ2) is 3.81. The van der Waals surface area contributed by atoms with Crippen LogP contribution in [0.3, 0.4) is 0 Å². The molecule has 2 unspecified atom stereocenters. The zero-order valence-corrected chi connectivity index (χ0v) is 9.19. The predicted molar refractivity (Wildman–Crippen MR) is 55.4 cm³/mol. The fraction of sp³-hybridized carbons (Fsp3) is 0.800. The number of carbonyl (C=O) groups is 2. The summed E-state index contributed by atoms with van der Waals surface area (Å²) in [5, 5.41) is 3.21. The zero-order valence-electron chi connectivity index (χ0n) is 9.19. The smallest absolute Gasteiger partial charge is 0.315 e. The highest BCUT2D eigenvalue weighted by Crippen LogP contribution is 2.22. The highest BCUT2D eigenvalue weighted by atomic mass is 16.2. The van der Waals surface area contributed by atoms with E-state index in [2.05, 4.69) is 5.32 Å². The standard InChI is InChI=1S/C10H17N3O2/c1-3-12-9(14)7(2)13(10(12)15)8-4-5-11-6-8/h7-8,11H,3-6H2,1-2H3. The molecule has 84 valence electrons. The van der Waals surface area contributed by atoms with Gasteiger partial charge < -0.3 is 10.2 Å². The highest BCUT2D eigenvalue weighted by molar-refractivity contribution is 6.04. The average molecular weight is 211 g/mol. The third-order valence-electron chi connectivity index (χ3n) is 3.24. The molecule has 0 aromatic carbocycles. The molecule has 0 saturated carbocycles. The number of rotatable bonds is 2. The minimum absolute atomic E-state index is 0.0607. The summed E-state index contributed by atoms with van der Waals surface area (Å²) in [5.74, 6) is -0.0607. The Hall–Kier alpha value is -1.10. The van der Waals surface area contributed by atoms with Gasteiger partial charge in [0.25, 0.3) is 5.91 Å². The number of carbonyl (C=O) groups excluding carboxylic acids is 2. The van der Waals surface area contributed by atoms with E-state index in [0.29, 0.717) is 6.54 Å². The lowest BCUT2D eigenvalue weighted by molar-refractivity contribution is -0.127. The predicted octanol–water partition coefficient (Wildman–Crippen LogP) is 0.0209. The van der Waals surface area contributed by atoms with E-state index in [1.54, 1.807) is 4.90 Å². The fourth-order valence-corrected chi connectivity index (χ4v) is 2.38. The minimum Gasteiger partial charge on any atom is -0.315 e. The molecule has 1 N–H and O–H groups in total. The van der Waals surface area contributed by atoms with Crippen molar-refractivity contribution in [3.05, 3.63) is 0 Å². The number of nitrogens with one attached hydrogen (secondary N) is 1. The van der Waals surface area contributed by atoms with E-state index >= 15 is 0 Å². The lowest BCUT2D eigenvalue weighted by Gasteiger charge is -2.25. The Balaban J connectivity index is 2.18. The van der Waals surface area contributed by atoms with Crippen molar-refractivity contribution in [3.8, 4) is 0 Å². The molecule has 5 nitrogen and oxygen atoms in total. The molecule has 2 rings (SSSR count). The van der Waals surface area contributed by atoms with Gasteiger partial charge in [0.1, 0.15) is 6.04 Å². The quantitative estimate of drug-likeness (QED) is 0.655. The molecule has 0 aromatic heterocycles. The maximum atomic E-state index is 11.9. The van der Waals surface area contributed by atoms with Gasteiger partial charge in [-0.05, 0) is 26.8 Å². The number of likely N-dealkylation sites (N-methyl/N-ethyl adjacent to an activating group) is 1. The topological polar surface area (TPSA) is 52.7 Å². The van der Waals surface area contributed by atoms with Crippen molar-refractivity contribution in [1.29, 1.82) is 0 Å². The highest BCUT2D eigenvalue weighted by Gasteiger charge is 2.45. The van der Waals surface area contributed by atoms with E-state index < -0.39 is 0 Å². The van der Waals surface area contributed by atoms with Gasteiger partial charge in [0, 0.05) is 19.1 Å². The van der Waals surface area contributed by atoms with E-state index in [9.17, 15) is 9.59 Å². The van der Waals surface area contributed by atoms with Crippen molar-refractivity contribution in [1.82, 2.24) is 15.1 Å². The molecule has 2 aliphatic heterocycles. The van der Waals surface area contributed by atoms with Gasteiger partial charge in [-0.25, -0.2) is 4.79 Å². The van der Waals surface area contributed by atoms with Crippen molar-refractivity contribution >= 4 is 11.9 Å². The second-order valence-electron chi connectivity index (χ2n) is 4.09. The van der Waals surface area contributed by atoms with Crippen molar-refractivity contribution in [2.45, 2.75) is 32.4 Å². The summed E-state index contributed by atoms with van der Waals surface area (Å²) in [6, 6.07) is -0.223. The van der Waals surface area contributed by atoms with Crippen LogP contribution >= 0.6 is 0 Å². The maximum Gasteiger partial charge on any atom is 0.327 e. The lowest BCUT2D eigenvalue weighted by Crippen LogP contribution is -2.43. The largest absolute Gasteiger partial charge is 0.327 e. The summed E-state index contributed by atoms with van der Waals surface area (Å²) in [6.07, 6.45) is 0.945. The van der Waals surface area contributed by atoms with E-state index in [4.69, 9.17) is 0 Å². The van der Waals surface area contributed by atoms with Gasteiger partial charge in [0.05, 0.1) is 0 Å². The molecule has 5 heteroatoms. The summed E-state index contributed by atoms with van der Waals surface area (Å²) >= 11 is 0. The molecule has 2 aliphatic rings. The third kappa shape index (κ3) is 1.51. The average Bonchev–Trinajstić information content (AvgIpc) is 2.77. The Labute approximate surface area is 89.4 Å². The zero-order chi connectivity index (χ0) is 11.0. The van der Waals surface area contributed by atoms with Crippen LogP contribution < -0.4 is 5.32 Å². The summed E-state index contributed by atoms with van der Waals surface area (Å²) < 4.78 is 0. The molecule has 15 heavy (non-hydrogen) atoms. The van der Waals surface area contributed by atoms with Crippen LogP contribution in [0.4, 0.5) is 4.79 Å². The molecule has 0 bridgehead atoms. The van der Waals surface area contributed by atoms with E-state index in [0.717, 1.165) is 19.5 Å². The Bertz CT molecular complexity index is 286. The van der Waals surface area contributed by atoms with E-state index in [-0.39, 0.29) is 24.0 Å². The Morgan fingerprint density at radius 3 is 2.67 bits per heavy atom. The fourth-order valence-electron chi connectivity index (χ4n) is 2.38. The van der Waals surface area contributed by atoms with Crippen molar-refractivity contribution in [2.75, 3.05) is 19.6 Å². The molecule has 0 radical (unpaired) electrons. The lowest BCUT2D eigenvalue weighted by atomic mass is 10.2. The minimum atomic E-state index is -0.289. The summed E-state index contributed by atoms with van der Waals surface area (Å²) in [5.41, 5.74) is 0. The summed E-state index contributed by atoms with van der Waals surface area (Å²) in [7, 11) is 0. The van der Waals surface area contributed by atoms with Gasteiger partial charge in [0.2, 0.25) is 0 Å². The van der Waals surface area contributed by atoms with Crippen LogP contribution in [-0.4, -0.2) is 53.5 Å². The SMILES string of the molecule is CCN1C(=O)C(C)N(C2CCNC2)C1=O. The first-order valence-corrected chi connectivity index (χ1v) is 5.51. The van der Waals surface area contributed by atoms with Gasteiger partial charge >= 0.3 is 6.03 Å². The van der Waals surface area contributed by atoms with Crippen molar-refractivity contribution in [3.63, 3.8) is 0 Å². The van der Waals surface area contributed by atoms with Crippen LogP contribution in [0.2, 0.25) is 0 Å². The summed E-state index contributed by atoms with van der Waals surface area (Å²) in [4.78, 5) is 26.8. The normalized spacial score (nSPS) is 31.9. The number of hydrogen-bond acceptors (Lipinski definition) is 3. The molecule has 2 saturated heterocycles. The molecular weight excluding hydrogens is 194 g/mol. The van der Waals surface area contributed by atoms with Gasteiger partial charge in [-0.2, -0.15) is 0 Å². The first-order valence-electron chi connectivity index (χ1n) is 5.51. The van der Waals surface area contributed by atoms with Crippen LogP contribution in [0.15, 0.2) is 0 Å². The first kappa shape index (κ1) is 10.4. The monoisotopic (exact) mass is 211 g/mol. The molecule has 2 atom stereocenters. The van der Waals surface area contributed by atoms with Gasteiger partial charge in [-0.1, -0.05) is 0 Å². The molecule has 3 amide bonds. The van der Waals surface area contributed by atoms with Crippen LogP contribution in [-0.2, 0) is 4.79 Å².